The van der Waals surface area contributed by atoms with Crippen LogP contribution in [0.3, 0.4) is 0 Å². The summed E-state index contributed by atoms with van der Waals surface area (Å²) in [5.41, 5.74) is 0. The van der Waals surface area contributed by atoms with Gasteiger partial charge in [-0.05, 0) is 0 Å². The van der Waals surface area contributed by atoms with Crippen molar-refractivity contribution in [1.29, 1.82) is 0 Å². The molecule has 0 aromatic heterocycles. The Labute approximate surface area is 165 Å². The topological polar surface area (TPSA) is 46.2 Å². The molecule has 120 valence electrons. The molecule has 0 unspecified atom stereocenters. The monoisotopic (exact) mass is 570 g/mol. The predicted octanol–water partition coefficient (Wildman–Crippen LogP) is 4.65. The Balaban J connectivity index is 3.15. The normalized spacial score (nSPS) is 31.5. The summed E-state index contributed by atoms with van der Waals surface area (Å²) in [5, 5.41) is 0. The van der Waals surface area contributed by atoms with E-state index >= 15 is 0 Å². The van der Waals surface area contributed by atoms with Gasteiger partial charge in [0.2, 0.25) is 0 Å². The van der Waals surface area contributed by atoms with E-state index in [1.807, 2.05) is 0 Å². The molecule has 0 radical (unpaired) electrons. The zero-order chi connectivity index (χ0) is 16.0. The molecule has 20 heavy (non-hydrogen) atoms. The van der Waals surface area contributed by atoms with Crippen LogP contribution in [-0.4, -0.2) is 35.9 Å². The molecule has 1 heterocycles. The molecule has 1 rings (SSSR count). The fraction of sp³-hybridized carbons (Fsp3) is 0. The van der Waals surface area contributed by atoms with E-state index in [0.717, 1.165) is 0 Å². The van der Waals surface area contributed by atoms with Gasteiger partial charge in [0.1, 0.15) is 0 Å². The van der Waals surface area contributed by atoms with Crippen LogP contribution in [0.25, 0.3) is 0 Å². The molecule has 0 aliphatic carbocycles. The van der Waals surface area contributed by atoms with Gasteiger partial charge in [-0.2, -0.15) is 0 Å². The number of rotatable bonds is 0. The van der Waals surface area contributed by atoms with Gasteiger partial charge in [0.15, 0.2) is 0 Å². The van der Waals surface area contributed by atoms with E-state index in [9.17, 15) is 0 Å². The van der Waals surface area contributed by atoms with Crippen molar-refractivity contribution in [3.05, 3.63) is 0 Å². The molecule has 5 nitrogen and oxygen atoms in total. The summed E-state index contributed by atoms with van der Waals surface area (Å²) in [4.78, 5) is 0. The van der Waals surface area contributed by atoms with E-state index in [0.29, 0.717) is 0 Å². The minimum Gasteiger partial charge on any atom is -0.368 e. The van der Waals surface area contributed by atoms with Crippen LogP contribution < -0.4 is 0 Å². The van der Waals surface area contributed by atoms with Gasteiger partial charge in [0.05, 0.1) is 0 Å². The van der Waals surface area contributed by atoms with Crippen molar-refractivity contribution in [3.63, 3.8) is 0 Å². The highest BCUT2D eigenvalue weighted by Gasteiger charge is 2.63. The Morgan fingerprint density at radius 1 is 0.300 bits per heavy atom. The van der Waals surface area contributed by atoms with Crippen LogP contribution >= 0.6 is 111 Å². The summed E-state index contributed by atoms with van der Waals surface area (Å²) in [6.07, 6.45) is 0. The zero-order valence-corrected chi connectivity index (χ0v) is 20.9. The smallest absolute Gasteiger partial charge is 0.368 e. The fourth-order valence-corrected chi connectivity index (χ4v) is 35.7. The third-order valence-corrected chi connectivity index (χ3v) is 24.6. The van der Waals surface area contributed by atoms with Crippen LogP contribution in [0.5, 0.6) is 0 Å². The molecule has 1 fully saturated rings. The highest BCUT2D eigenvalue weighted by Crippen LogP contribution is 2.42. The van der Waals surface area contributed by atoms with E-state index in [1.54, 1.807) is 0 Å². The maximum Gasteiger partial charge on any atom is 0.536 e. The van der Waals surface area contributed by atoms with Gasteiger partial charge in [0, 0.05) is 0 Å². The highest BCUT2D eigenvalue weighted by atomic mass is 35.7. The quantitative estimate of drug-likeness (QED) is 0.311. The van der Waals surface area contributed by atoms with Crippen molar-refractivity contribution in [3.8, 4) is 0 Å². The lowest BCUT2D eigenvalue weighted by atomic mass is 15.7. The standard InChI is InChI=1S/Cl10O5Si5/c1-16(2)11-17(3,4)13-19(7,8)15-20(9,10)14-18(5,6)12-16. The Bertz CT molecular complexity index is 268. The molecule has 0 amide bonds. The average Bonchev–Trinajstić information content (AvgIpc) is 1.84. The summed E-state index contributed by atoms with van der Waals surface area (Å²) >= 11 is 57.8. The molecule has 1 saturated heterocycles. The summed E-state index contributed by atoms with van der Waals surface area (Å²) in [6, 6.07) is 0. The van der Waals surface area contributed by atoms with Crippen molar-refractivity contribution in [2.75, 3.05) is 0 Å². The van der Waals surface area contributed by atoms with Crippen LogP contribution in [0.2, 0.25) is 0 Å². The maximum atomic E-state index is 5.78. The van der Waals surface area contributed by atoms with Crippen molar-refractivity contribution in [2.45, 2.75) is 0 Å². The Morgan fingerprint density at radius 2 is 0.400 bits per heavy atom. The van der Waals surface area contributed by atoms with Gasteiger partial charge in [-0.1, -0.05) is 111 Å². The van der Waals surface area contributed by atoms with Crippen molar-refractivity contribution >= 4 is 147 Å². The Kier molecular flexibility index (Phi) is 7.84. The Morgan fingerprint density at radius 3 is 0.500 bits per heavy atom. The lowest BCUT2D eigenvalue weighted by molar-refractivity contribution is 0.303. The molecule has 1 aliphatic rings. The zero-order valence-electron chi connectivity index (χ0n) is 8.32. The first-order valence-electron chi connectivity index (χ1n) is 3.93. The summed E-state index contributed by atoms with van der Waals surface area (Å²) in [6.45, 7) is 0. The number of hydrogen-bond acceptors (Lipinski definition) is 5. The largest absolute Gasteiger partial charge is 0.536 e. The molecule has 0 N–H and O–H groups in total. The molecule has 0 saturated carbocycles. The summed E-state index contributed by atoms with van der Waals surface area (Å²) in [5.74, 6) is 0. The lowest BCUT2D eigenvalue weighted by Crippen LogP contribution is -2.58. The third-order valence-electron chi connectivity index (χ3n) is 1.19. The molecule has 0 spiro atoms. The van der Waals surface area contributed by atoms with Crippen molar-refractivity contribution in [1.82, 2.24) is 0 Å². The first kappa shape index (κ1) is 21.8. The van der Waals surface area contributed by atoms with Crippen LogP contribution in [0.1, 0.15) is 0 Å². The van der Waals surface area contributed by atoms with Crippen molar-refractivity contribution in [2.24, 2.45) is 0 Å². The molecule has 20 heteroatoms. The highest BCUT2D eigenvalue weighted by molar-refractivity contribution is 7.56. The molecular weight excluding hydrogens is 575 g/mol. The predicted molar refractivity (Wildman–Crippen MR) is 92.7 cm³/mol. The molecule has 0 aromatic rings. The second kappa shape index (κ2) is 7.19. The van der Waals surface area contributed by atoms with E-state index < -0.39 is 35.9 Å². The first-order chi connectivity index (χ1) is 8.54. The van der Waals surface area contributed by atoms with Crippen LogP contribution in [0.4, 0.5) is 0 Å². The van der Waals surface area contributed by atoms with Gasteiger partial charge in [0.25, 0.3) is 0 Å². The van der Waals surface area contributed by atoms with Crippen LogP contribution in [0.15, 0.2) is 0 Å². The van der Waals surface area contributed by atoms with Gasteiger partial charge >= 0.3 is 35.9 Å². The van der Waals surface area contributed by atoms with Crippen LogP contribution in [0, 0.1) is 0 Å². The van der Waals surface area contributed by atoms with E-state index in [2.05, 4.69) is 0 Å². The summed E-state index contributed by atoms with van der Waals surface area (Å²) < 4.78 is 24.7. The second-order valence-electron chi connectivity index (χ2n) is 2.83. The molecule has 1 aliphatic heterocycles. The molecule has 0 atom stereocenters. The molecule has 0 bridgehead atoms. The number of halogens is 10. The van der Waals surface area contributed by atoms with Gasteiger partial charge < -0.3 is 20.6 Å². The van der Waals surface area contributed by atoms with Crippen LogP contribution in [-0.2, 0) is 20.6 Å². The fourth-order valence-electron chi connectivity index (χ4n) is 0.796. The van der Waals surface area contributed by atoms with E-state index in [1.165, 1.54) is 0 Å². The SMILES string of the molecule is Cl[Si]1(Cl)O[Si](Cl)(Cl)O[Si](Cl)(Cl)O[Si](Cl)(Cl)O[Si](Cl)(Cl)O1. The first-order valence-corrected chi connectivity index (χ1v) is 23.1. The van der Waals surface area contributed by atoms with Gasteiger partial charge in [-0.3, -0.25) is 0 Å². The molecule has 0 aromatic carbocycles. The van der Waals surface area contributed by atoms with E-state index in [4.69, 9.17) is 131 Å². The van der Waals surface area contributed by atoms with Gasteiger partial charge in [-0.25, -0.2) is 0 Å². The third kappa shape index (κ3) is 8.24. The maximum absolute atomic E-state index is 5.78. The van der Waals surface area contributed by atoms with Crippen molar-refractivity contribution < 1.29 is 20.6 Å². The summed E-state index contributed by atoms with van der Waals surface area (Å²) in [7, 11) is -20.4. The Hall–Kier alpha value is 3.78. The van der Waals surface area contributed by atoms with E-state index in [-0.39, 0.29) is 0 Å². The molecular formula is Cl10O5Si5. The average molecular weight is 575 g/mol. The number of hydrogen-bond donors (Lipinski definition) is 0. The minimum atomic E-state index is -4.08. The minimum absolute atomic E-state index is 4.08. The van der Waals surface area contributed by atoms with Gasteiger partial charge in [-0.15, -0.1) is 0 Å². The lowest BCUT2D eigenvalue weighted by Gasteiger charge is -2.35. The second-order valence-corrected chi connectivity index (χ2v) is 29.4.